The fourth-order valence-corrected chi connectivity index (χ4v) is 5.77. The van der Waals surface area contributed by atoms with Crippen molar-refractivity contribution in [2.24, 2.45) is 0 Å². The number of aromatic nitrogens is 1. The smallest absolute Gasteiger partial charge is 0.225 e. The number of ether oxygens (including phenoxy) is 1. The van der Waals surface area contributed by atoms with Gasteiger partial charge in [0.05, 0.1) is 7.11 Å². The van der Waals surface area contributed by atoms with E-state index in [-0.39, 0.29) is 24.1 Å². The van der Waals surface area contributed by atoms with Crippen LogP contribution in [-0.4, -0.2) is 34.9 Å². The van der Waals surface area contributed by atoms with E-state index in [4.69, 9.17) is 16.3 Å². The number of hydrogen-bond acceptors (Lipinski definition) is 5. The fraction of sp³-hybridized carbons (Fsp3) is 0.226. The number of halogens is 2. The number of carbonyl (C=O) groups is 1. The summed E-state index contributed by atoms with van der Waals surface area (Å²) in [6, 6.07) is 26.6. The Morgan fingerprint density at radius 3 is 2.56 bits per heavy atom. The largest absolute Gasteiger partial charge is 0.481 e. The molecule has 39 heavy (non-hydrogen) atoms. The highest BCUT2D eigenvalue weighted by molar-refractivity contribution is 7.97. The molecule has 1 saturated heterocycles. The number of pyridine rings is 1. The number of benzene rings is 3. The Morgan fingerprint density at radius 1 is 1.08 bits per heavy atom. The van der Waals surface area contributed by atoms with Crippen molar-refractivity contribution in [2.75, 3.05) is 19.0 Å². The van der Waals surface area contributed by atoms with Crippen LogP contribution in [0.15, 0.2) is 96.0 Å². The van der Waals surface area contributed by atoms with Gasteiger partial charge in [0.2, 0.25) is 11.8 Å². The zero-order chi connectivity index (χ0) is 27.2. The second kappa shape index (κ2) is 12.6. The number of rotatable bonds is 11. The molecular formula is C31H29ClFN3O2S. The van der Waals surface area contributed by atoms with Crippen LogP contribution < -0.4 is 10.1 Å². The molecule has 3 atom stereocenters. The maximum atomic E-state index is 14.9. The van der Waals surface area contributed by atoms with Gasteiger partial charge in [-0.15, -0.1) is 0 Å². The molecule has 3 unspecified atom stereocenters. The number of nitrogens with zero attached hydrogens (tertiary/aromatic N) is 2. The number of hydrogen-bond donors (Lipinski definition) is 1. The Labute approximate surface area is 237 Å². The van der Waals surface area contributed by atoms with E-state index in [0.29, 0.717) is 34.6 Å². The molecule has 1 N–H and O–H groups in total. The van der Waals surface area contributed by atoms with Crippen molar-refractivity contribution in [3.8, 4) is 5.88 Å². The second-order valence-corrected chi connectivity index (χ2v) is 11.0. The summed E-state index contributed by atoms with van der Waals surface area (Å²) in [7, 11) is 1.56. The molecule has 1 aliphatic rings. The van der Waals surface area contributed by atoms with Crippen LogP contribution in [0.2, 0.25) is 5.02 Å². The molecule has 1 amide bonds. The van der Waals surface area contributed by atoms with Crippen LogP contribution in [0.3, 0.4) is 0 Å². The Morgan fingerprint density at radius 2 is 1.85 bits per heavy atom. The van der Waals surface area contributed by atoms with E-state index in [1.165, 1.54) is 11.0 Å². The molecule has 4 aromatic rings. The topological polar surface area (TPSA) is 54.2 Å². The average molecular weight is 562 g/mol. The average Bonchev–Trinajstić information content (AvgIpc) is 3.70. The molecule has 8 heteroatoms. The lowest BCUT2D eigenvalue weighted by Crippen LogP contribution is -2.18. The van der Waals surface area contributed by atoms with Gasteiger partial charge in [-0.05, 0) is 72.3 Å². The number of methoxy groups -OCH3 is 1. The van der Waals surface area contributed by atoms with Gasteiger partial charge < -0.3 is 10.1 Å². The van der Waals surface area contributed by atoms with Crippen molar-refractivity contribution in [1.29, 1.82) is 0 Å². The third kappa shape index (κ3) is 7.18. The third-order valence-corrected chi connectivity index (χ3v) is 8.20. The zero-order valence-electron chi connectivity index (χ0n) is 21.5. The predicted octanol–water partition coefficient (Wildman–Crippen LogP) is 7.37. The van der Waals surface area contributed by atoms with Crippen LogP contribution in [0.25, 0.3) is 0 Å². The molecule has 0 radical (unpaired) electrons. The molecule has 5 rings (SSSR count). The number of nitrogens with one attached hydrogen (secondary N) is 1. The minimum absolute atomic E-state index is 0.162. The van der Waals surface area contributed by atoms with Crippen molar-refractivity contribution in [3.05, 3.63) is 119 Å². The summed E-state index contributed by atoms with van der Waals surface area (Å²) in [6.45, 7) is 0.967. The molecule has 0 saturated carbocycles. The van der Waals surface area contributed by atoms with Crippen molar-refractivity contribution >= 4 is 35.1 Å². The zero-order valence-corrected chi connectivity index (χ0v) is 23.1. The first-order valence-corrected chi connectivity index (χ1v) is 14.0. The van der Waals surface area contributed by atoms with E-state index in [0.717, 1.165) is 24.1 Å². The summed E-state index contributed by atoms with van der Waals surface area (Å²) in [4.78, 5) is 18.8. The van der Waals surface area contributed by atoms with Crippen molar-refractivity contribution in [2.45, 2.75) is 36.1 Å². The maximum Gasteiger partial charge on any atom is 0.225 e. The molecule has 1 aliphatic heterocycles. The highest BCUT2D eigenvalue weighted by Gasteiger charge is 2.34. The highest BCUT2D eigenvalue weighted by atomic mass is 35.5. The minimum Gasteiger partial charge on any atom is -0.481 e. The lowest BCUT2D eigenvalue weighted by Gasteiger charge is -2.19. The summed E-state index contributed by atoms with van der Waals surface area (Å²) in [5, 5.41) is 3.60. The molecule has 2 heterocycles. The van der Waals surface area contributed by atoms with Crippen LogP contribution in [-0.2, 0) is 11.2 Å². The van der Waals surface area contributed by atoms with E-state index in [1.54, 1.807) is 55.6 Å². The summed E-state index contributed by atoms with van der Waals surface area (Å²) < 4.78 is 22.4. The third-order valence-electron chi connectivity index (χ3n) is 6.78. The van der Waals surface area contributed by atoms with Gasteiger partial charge in [0.25, 0.3) is 0 Å². The summed E-state index contributed by atoms with van der Waals surface area (Å²) >= 11 is 7.83. The van der Waals surface area contributed by atoms with Gasteiger partial charge in [-0.3, -0.25) is 4.79 Å². The van der Waals surface area contributed by atoms with E-state index < -0.39 is 0 Å². The van der Waals surface area contributed by atoms with Crippen molar-refractivity contribution in [1.82, 2.24) is 9.29 Å². The SMILES string of the molecule is COc1ccc(C(CC(=O)Nc2cccc(F)c2CCC2CN2Sc2ccccc2)c2ccc(Cl)cc2)cn1. The van der Waals surface area contributed by atoms with Gasteiger partial charge in [0, 0.05) is 58.4 Å². The highest BCUT2D eigenvalue weighted by Crippen LogP contribution is 2.37. The van der Waals surface area contributed by atoms with E-state index in [2.05, 4.69) is 26.7 Å². The second-order valence-electron chi connectivity index (χ2n) is 9.45. The minimum atomic E-state index is -0.302. The van der Waals surface area contributed by atoms with Crippen molar-refractivity contribution < 1.29 is 13.9 Å². The Balaban J connectivity index is 1.26. The Bertz CT molecular complexity index is 1400. The van der Waals surface area contributed by atoms with Crippen LogP contribution in [0.1, 0.15) is 35.4 Å². The van der Waals surface area contributed by atoms with E-state index in [1.807, 2.05) is 36.4 Å². The first-order valence-electron chi connectivity index (χ1n) is 12.8. The maximum absolute atomic E-state index is 14.9. The van der Waals surface area contributed by atoms with Crippen LogP contribution in [0.4, 0.5) is 10.1 Å². The van der Waals surface area contributed by atoms with E-state index >= 15 is 0 Å². The predicted molar refractivity (Wildman–Crippen MR) is 155 cm³/mol. The lowest BCUT2D eigenvalue weighted by molar-refractivity contribution is -0.116. The molecule has 1 fully saturated rings. The molecule has 200 valence electrons. The number of amides is 1. The molecule has 0 spiro atoms. The quantitative estimate of drug-likeness (QED) is 0.153. The molecule has 0 bridgehead atoms. The summed E-state index contributed by atoms with van der Waals surface area (Å²) in [6.07, 6.45) is 3.24. The Hall–Kier alpha value is -3.39. The molecular weight excluding hydrogens is 533 g/mol. The molecule has 3 aromatic carbocycles. The normalized spacial score (nSPS) is 16.9. The summed E-state index contributed by atoms with van der Waals surface area (Å²) in [5.41, 5.74) is 2.87. The standard InChI is InChI=1S/C31H29ClFN3O2S/c1-38-31-17-12-22(19-34-31)27(21-10-13-23(32)14-11-21)18-30(37)35-29-9-5-8-28(33)26(29)16-15-24-20-36(24)39-25-6-3-2-4-7-25/h2-14,17,19,24,27H,15-16,18,20H2,1H3,(H,35,37). The number of anilines is 1. The van der Waals surface area contributed by atoms with Gasteiger partial charge in [0.1, 0.15) is 5.82 Å². The van der Waals surface area contributed by atoms with Gasteiger partial charge >= 0.3 is 0 Å². The molecule has 0 aliphatic carbocycles. The first kappa shape index (κ1) is 27.2. The van der Waals surface area contributed by atoms with Crippen LogP contribution in [0.5, 0.6) is 5.88 Å². The fourth-order valence-electron chi connectivity index (χ4n) is 4.59. The van der Waals surface area contributed by atoms with Crippen LogP contribution in [0, 0.1) is 5.82 Å². The van der Waals surface area contributed by atoms with Gasteiger partial charge in [-0.1, -0.05) is 54.1 Å². The number of carbonyl (C=O) groups excluding carboxylic acids is 1. The van der Waals surface area contributed by atoms with Gasteiger partial charge in [-0.2, -0.15) is 0 Å². The summed E-state index contributed by atoms with van der Waals surface area (Å²) in [5.74, 6) is -0.263. The van der Waals surface area contributed by atoms with Gasteiger partial charge in [-0.25, -0.2) is 13.7 Å². The lowest BCUT2D eigenvalue weighted by atomic mass is 9.89. The monoisotopic (exact) mass is 561 g/mol. The first-order chi connectivity index (χ1) is 19.0. The van der Waals surface area contributed by atoms with E-state index in [9.17, 15) is 9.18 Å². The van der Waals surface area contributed by atoms with Crippen molar-refractivity contribution in [3.63, 3.8) is 0 Å². The Kier molecular flexibility index (Phi) is 8.81. The molecule has 5 nitrogen and oxygen atoms in total. The van der Waals surface area contributed by atoms with Crippen LogP contribution >= 0.6 is 23.5 Å². The van der Waals surface area contributed by atoms with Gasteiger partial charge in [0.15, 0.2) is 0 Å². The molecule has 1 aromatic heterocycles.